The molecule has 0 heterocycles. The highest BCUT2D eigenvalue weighted by Crippen LogP contribution is 2.23. The van der Waals surface area contributed by atoms with Crippen molar-refractivity contribution in [1.82, 2.24) is 4.90 Å². The highest BCUT2D eigenvalue weighted by atomic mass is 16.5. The lowest BCUT2D eigenvalue weighted by Gasteiger charge is -2.17. The first kappa shape index (κ1) is 19.5. The molecule has 0 aliphatic rings. The number of anilines is 2. The van der Waals surface area contributed by atoms with Gasteiger partial charge in [-0.15, -0.1) is 0 Å². The minimum atomic E-state index is -0.206. The van der Waals surface area contributed by atoms with E-state index in [0.29, 0.717) is 18.0 Å². The zero-order chi connectivity index (χ0) is 18.9. The SMILES string of the molecule is CCOc1ccccc1NC(=O)CN(C)CC(=O)Nc1ccc(C)cc1. The van der Waals surface area contributed by atoms with Gasteiger partial charge >= 0.3 is 0 Å². The van der Waals surface area contributed by atoms with Crippen molar-refractivity contribution >= 4 is 23.2 Å². The number of nitrogens with one attached hydrogen (secondary N) is 2. The largest absolute Gasteiger partial charge is 0.492 e. The molecule has 0 radical (unpaired) electrons. The lowest BCUT2D eigenvalue weighted by Crippen LogP contribution is -2.36. The number of para-hydroxylation sites is 2. The average molecular weight is 355 g/mol. The Morgan fingerprint density at radius 3 is 2.23 bits per heavy atom. The van der Waals surface area contributed by atoms with Gasteiger partial charge in [-0.2, -0.15) is 0 Å². The first-order valence-electron chi connectivity index (χ1n) is 8.54. The number of likely N-dealkylation sites (N-methyl/N-ethyl adjacent to an activating group) is 1. The van der Waals surface area contributed by atoms with Crippen LogP contribution >= 0.6 is 0 Å². The Bertz CT molecular complexity index is 744. The highest BCUT2D eigenvalue weighted by molar-refractivity contribution is 5.95. The van der Waals surface area contributed by atoms with E-state index in [2.05, 4.69) is 10.6 Å². The summed E-state index contributed by atoms with van der Waals surface area (Å²) in [6.07, 6.45) is 0. The zero-order valence-electron chi connectivity index (χ0n) is 15.4. The Kier molecular flexibility index (Phi) is 7.17. The van der Waals surface area contributed by atoms with Crippen LogP contribution in [0.5, 0.6) is 5.75 Å². The van der Waals surface area contributed by atoms with Gasteiger partial charge in [0, 0.05) is 5.69 Å². The third kappa shape index (κ3) is 6.22. The molecule has 2 amide bonds. The maximum atomic E-state index is 12.2. The number of rotatable bonds is 8. The molecule has 0 saturated carbocycles. The number of hydrogen-bond acceptors (Lipinski definition) is 4. The number of ether oxygens (including phenoxy) is 1. The Hall–Kier alpha value is -2.86. The molecule has 0 aromatic heterocycles. The van der Waals surface area contributed by atoms with E-state index in [-0.39, 0.29) is 24.9 Å². The highest BCUT2D eigenvalue weighted by Gasteiger charge is 2.13. The van der Waals surface area contributed by atoms with Gasteiger partial charge in [-0.1, -0.05) is 29.8 Å². The summed E-state index contributed by atoms with van der Waals surface area (Å²) in [5.41, 5.74) is 2.49. The van der Waals surface area contributed by atoms with E-state index in [4.69, 9.17) is 4.74 Å². The maximum absolute atomic E-state index is 12.2. The van der Waals surface area contributed by atoms with Gasteiger partial charge in [0.1, 0.15) is 5.75 Å². The third-order valence-corrected chi connectivity index (χ3v) is 3.62. The molecule has 0 aliphatic carbocycles. The second-order valence-electron chi connectivity index (χ2n) is 6.06. The summed E-state index contributed by atoms with van der Waals surface area (Å²) in [6.45, 7) is 4.61. The van der Waals surface area contributed by atoms with Crippen LogP contribution < -0.4 is 15.4 Å². The molecule has 0 unspecified atom stereocenters. The number of hydrogen-bond donors (Lipinski definition) is 2. The van der Waals surface area contributed by atoms with Crippen LogP contribution in [-0.2, 0) is 9.59 Å². The topological polar surface area (TPSA) is 70.7 Å². The van der Waals surface area contributed by atoms with E-state index >= 15 is 0 Å². The number of aryl methyl sites for hydroxylation is 1. The second-order valence-corrected chi connectivity index (χ2v) is 6.06. The fourth-order valence-electron chi connectivity index (χ4n) is 2.42. The molecule has 6 heteroatoms. The number of benzene rings is 2. The molecule has 0 aliphatic heterocycles. The van der Waals surface area contributed by atoms with Crippen LogP contribution in [0.15, 0.2) is 48.5 Å². The molecule has 0 saturated heterocycles. The summed E-state index contributed by atoms with van der Waals surface area (Å²) >= 11 is 0. The molecule has 6 nitrogen and oxygen atoms in total. The smallest absolute Gasteiger partial charge is 0.238 e. The van der Waals surface area contributed by atoms with Gasteiger partial charge in [-0.3, -0.25) is 14.5 Å². The van der Waals surface area contributed by atoms with Crippen LogP contribution in [0.1, 0.15) is 12.5 Å². The maximum Gasteiger partial charge on any atom is 0.238 e. The van der Waals surface area contributed by atoms with Gasteiger partial charge in [0.15, 0.2) is 0 Å². The van der Waals surface area contributed by atoms with Crippen molar-refractivity contribution in [3.05, 3.63) is 54.1 Å². The number of nitrogens with zero attached hydrogens (tertiary/aromatic N) is 1. The van der Waals surface area contributed by atoms with E-state index in [1.54, 1.807) is 24.1 Å². The molecule has 2 aromatic rings. The molecule has 2 aromatic carbocycles. The van der Waals surface area contributed by atoms with E-state index in [9.17, 15) is 9.59 Å². The summed E-state index contributed by atoms with van der Waals surface area (Å²) in [7, 11) is 1.72. The van der Waals surface area contributed by atoms with Crippen LogP contribution in [0.2, 0.25) is 0 Å². The van der Waals surface area contributed by atoms with Gasteiger partial charge in [-0.05, 0) is 45.2 Å². The molecule has 2 rings (SSSR count). The van der Waals surface area contributed by atoms with Gasteiger partial charge < -0.3 is 15.4 Å². The molecule has 0 spiro atoms. The zero-order valence-corrected chi connectivity index (χ0v) is 15.4. The van der Waals surface area contributed by atoms with Crippen LogP contribution in [0.4, 0.5) is 11.4 Å². The van der Waals surface area contributed by atoms with Crippen molar-refractivity contribution in [2.75, 3.05) is 37.4 Å². The lowest BCUT2D eigenvalue weighted by molar-refractivity contribution is -0.119. The summed E-state index contributed by atoms with van der Waals surface area (Å²) in [5.74, 6) is 0.254. The van der Waals surface area contributed by atoms with Crippen LogP contribution in [-0.4, -0.2) is 43.5 Å². The van der Waals surface area contributed by atoms with Crippen molar-refractivity contribution in [2.24, 2.45) is 0 Å². The predicted octanol–water partition coefficient (Wildman–Crippen LogP) is 2.90. The molecule has 26 heavy (non-hydrogen) atoms. The number of carbonyl (C=O) groups is 2. The first-order valence-corrected chi connectivity index (χ1v) is 8.54. The van der Waals surface area contributed by atoms with E-state index in [0.717, 1.165) is 11.3 Å². The van der Waals surface area contributed by atoms with Crippen LogP contribution in [0.25, 0.3) is 0 Å². The van der Waals surface area contributed by atoms with E-state index in [1.807, 2.05) is 50.2 Å². The number of amides is 2. The molecular formula is C20H25N3O3. The molecule has 138 valence electrons. The van der Waals surface area contributed by atoms with Crippen LogP contribution in [0.3, 0.4) is 0 Å². The Labute approximate surface area is 154 Å². The quantitative estimate of drug-likeness (QED) is 0.764. The minimum absolute atomic E-state index is 0.0990. The first-order chi connectivity index (χ1) is 12.5. The van der Waals surface area contributed by atoms with Crippen LogP contribution in [0, 0.1) is 6.92 Å². The Balaban J connectivity index is 1.83. The molecule has 0 bridgehead atoms. The molecular weight excluding hydrogens is 330 g/mol. The molecule has 0 atom stereocenters. The van der Waals surface area contributed by atoms with Crippen molar-refractivity contribution in [3.8, 4) is 5.75 Å². The summed E-state index contributed by atoms with van der Waals surface area (Å²) < 4.78 is 5.49. The lowest BCUT2D eigenvalue weighted by atomic mass is 10.2. The average Bonchev–Trinajstić information content (AvgIpc) is 2.58. The fourth-order valence-corrected chi connectivity index (χ4v) is 2.42. The van der Waals surface area contributed by atoms with E-state index < -0.39 is 0 Å². The summed E-state index contributed by atoms with van der Waals surface area (Å²) in [5, 5.41) is 5.63. The fraction of sp³-hybridized carbons (Fsp3) is 0.300. The van der Waals surface area contributed by atoms with Crippen molar-refractivity contribution in [3.63, 3.8) is 0 Å². The van der Waals surface area contributed by atoms with E-state index in [1.165, 1.54) is 0 Å². The Morgan fingerprint density at radius 1 is 0.962 bits per heavy atom. The van der Waals surface area contributed by atoms with Gasteiger partial charge in [0.2, 0.25) is 11.8 Å². The molecule has 0 fully saturated rings. The van der Waals surface area contributed by atoms with Gasteiger partial charge in [-0.25, -0.2) is 0 Å². The van der Waals surface area contributed by atoms with Crippen molar-refractivity contribution < 1.29 is 14.3 Å². The van der Waals surface area contributed by atoms with Gasteiger partial charge in [0.05, 0.1) is 25.4 Å². The second kappa shape index (κ2) is 9.58. The number of carbonyl (C=O) groups excluding carboxylic acids is 2. The monoisotopic (exact) mass is 355 g/mol. The third-order valence-electron chi connectivity index (χ3n) is 3.62. The van der Waals surface area contributed by atoms with Crippen molar-refractivity contribution in [2.45, 2.75) is 13.8 Å². The minimum Gasteiger partial charge on any atom is -0.492 e. The van der Waals surface area contributed by atoms with Gasteiger partial charge in [0.25, 0.3) is 0 Å². The standard InChI is InChI=1S/C20H25N3O3/c1-4-26-18-8-6-5-7-17(18)22-20(25)14-23(3)13-19(24)21-16-11-9-15(2)10-12-16/h5-12H,4,13-14H2,1-3H3,(H,21,24)(H,22,25). The Morgan fingerprint density at radius 2 is 1.58 bits per heavy atom. The van der Waals surface area contributed by atoms with Crippen molar-refractivity contribution in [1.29, 1.82) is 0 Å². The molecule has 2 N–H and O–H groups in total. The summed E-state index contributed by atoms with van der Waals surface area (Å²) in [4.78, 5) is 26.0. The summed E-state index contributed by atoms with van der Waals surface area (Å²) in [6, 6.07) is 14.8. The normalized spacial score (nSPS) is 10.5. The predicted molar refractivity (Wildman–Crippen MR) is 104 cm³/mol.